The number of carboxylic acid groups (broad SMARTS) is 1. The van der Waals surface area contributed by atoms with Gasteiger partial charge in [-0.05, 0) is 61.7 Å². The molecule has 0 aromatic heterocycles. The van der Waals surface area contributed by atoms with E-state index in [1.54, 1.807) is 18.2 Å². The number of aromatic carboxylic acids is 1. The summed E-state index contributed by atoms with van der Waals surface area (Å²) in [5.41, 5.74) is 0.876. The van der Waals surface area contributed by atoms with Crippen LogP contribution in [-0.4, -0.2) is 30.1 Å². The van der Waals surface area contributed by atoms with E-state index in [0.717, 1.165) is 31.6 Å². The fourth-order valence-electron chi connectivity index (χ4n) is 3.21. The zero-order chi connectivity index (χ0) is 20.8. The number of hydrogen-bond donors (Lipinski definition) is 2. The van der Waals surface area contributed by atoms with Crippen molar-refractivity contribution in [1.29, 1.82) is 5.26 Å². The monoisotopic (exact) mass is 393 g/mol. The second kappa shape index (κ2) is 9.02. The maximum absolute atomic E-state index is 14.6. The highest BCUT2D eigenvalue weighted by Gasteiger charge is 2.15. The van der Waals surface area contributed by atoms with Crippen molar-refractivity contribution in [2.45, 2.75) is 19.3 Å². The lowest BCUT2D eigenvalue weighted by molar-refractivity contribution is -0.112. The molecule has 1 fully saturated rings. The number of hydrogen-bond acceptors (Lipinski definition) is 4. The van der Waals surface area contributed by atoms with Crippen molar-refractivity contribution in [3.8, 4) is 6.07 Å². The Morgan fingerprint density at radius 1 is 1.14 bits per heavy atom. The van der Waals surface area contributed by atoms with Crippen LogP contribution in [0.2, 0.25) is 0 Å². The van der Waals surface area contributed by atoms with Crippen LogP contribution in [0.25, 0.3) is 6.08 Å². The molecule has 2 N–H and O–H groups in total. The average molecular weight is 393 g/mol. The van der Waals surface area contributed by atoms with Crippen molar-refractivity contribution in [2.75, 3.05) is 23.3 Å². The number of benzene rings is 2. The van der Waals surface area contributed by atoms with Crippen molar-refractivity contribution < 1.29 is 19.1 Å². The summed E-state index contributed by atoms with van der Waals surface area (Å²) in [6, 6.07) is 12.2. The van der Waals surface area contributed by atoms with Gasteiger partial charge in [0.15, 0.2) is 0 Å². The summed E-state index contributed by atoms with van der Waals surface area (Å²) in [5, 5.41) is 20.8. The van der Waals surface area contributed by atoms with Gasteiger partial charge in [0.1, 0.15) is 17.5 Å². The van der Waals surface area contributed by atoms with Crippen molar-refractivity contribution in [2.24, 2.45) is 0 Å². The summed E-state index contributed by atoms with van der Waals surface area (Å²) in [5.74, 6) is -2.39. The molecule has 0 unspecified atom stereocenters. The lowest BCUT2D eigenvalue weighted by Crippen LogP contribution is -2.29. The summed E-state index contributed by atoms with van der Waals surface area (Å²) >= 11 is 0. The average Bonchev–Trinajstić information content (AvgIpc) is 2.73. The molecule has 2 aromatic rings. The van der Waals surface area contributed by atoms with Crippen LogP contribution in [0.15, 0.2) is 48.0 Å². The lowest BCUT2D eigenvalue weighted by atomic mass is 10.1. The van der Waals surface area contributed by atoms with Gasteiger partial charge in [-0.15, -0.1) is 0 Å². The molecule has 2 aromatic carbocycles. The van der Waals surface area contributed by atoms with E-state index < -0.39 is 17.7 Å². The van der Waals surface area contributed by atoms with Gasteiger partial charge in [-0.1, -0.05) is 6.07 Å². The summed E-state index contributed by atoms with van der Waals surface area (Å²) in [7, 11) is 0. The maximum Gasteiger partial charge on any atom is 0.335 e. The van der Waals surface area contributed by atoms with E-state index in [9.17, 15) is 19.2 Å². The van der Waals surface area contributed by atoms with E-state index in [4.69, 9.17) is 5.11 Å². The number of piperidine rings is 1. The molecule has 1 saturated heterocycles. The molecular weight excluding hydrogens is 373 g/mol. The van der Waals surface area contributed by atoms with Gasteiger partial charge in [-0.2, -0.15) is 5.26 Å². The van der Waals surface area contributed by atoms with Crippen LogP contribution in [0.1, 0.15) is 35.2 Å². The third-order valence-electron chi connectivity index (χ3n) is 4.74. The predicted molar refractivity (Wildman–Crippen MR) is 108 cm³/mol. The molecule has 29 heavy (non-hydrogen) atoms. The lowest BCUT2D eigenvalue weighted by Gasteiger charge is -2.28. The van der Waals surface area contributed by atoms with Crippen molar-refractivity contribution in [3.05, 3.63) is 65.0 Å². The molecule has 0 aliphatic carbocycles. The molecule has 1 heterocycles. The van der Waals surface area contributed by atoms with E-state index in [1.807, 2.05) is 0 Å². The van der Waals surface area contributed by atoms with Gasteiger partial charge in [-0.25, -0.2) is 9.18 Å². The van der Waals surface area contributed by atoms with Crippen LogP contribution in [0.5, 0.6) is 0 Å². The molecule has 1 aliphatic heterocycles. The number of halogens is 1. The molecule has 0 spiro atoms. The van der Waals surface area contributed by atoms with Crippen LogP contribution in [-0.2, 0) is 4.79 Å². The largest absolute Gasteiger partial charge is 0.478 e. The molecule has 1 amide bonds. The highest BCUT2D eigenvalue weighted by atomic mass is 19.1. The molecule has 3 rings (SSSR count). The smallest absolute Gasteiger partial charge is 0.335 e. The highest BCUT2D eigenvalue weighted by molar-refractivity contribution is 6.10. The second-order valence-electron chi connectivity index (χ2n) is 6.76. The summed E-state index contributed by atoms with van der Waals surface area (Å²) in [6.07, 6.45) is 4.51. The number of rotatable bonds is 5. The zero-order valence-corrected chi connectivity index (χ0v) is 15.7. The first-order valence-corrected chi connectivity index (χ1v) is 9.29. The van der Waals surface area contributed by atoms with E-state index >= 15 is 0 Å². The Morgan fingerprint density at radius 3 is 2.55 bits per heavy atom. The quantitative estimate of drug-likeness (QED) is 0.590. The van der Waals surface area contributed by atoms with Crippen LogP contribution in [0.4, 0.5) is 15.8 Å². The standard InChI is InChI=1S/C22H20FN3O3/c23-20-13-19(26-9-2-1-3-10-26)8-7-15(20)11-17(14-24)21(27)25-18-6-4-5-16(12-18)22(28)29/h4-8,11-13H,1-3,9-10H2,(H,25,27)(H,28,29)/b17-11-. The molecule has 0 atom stereocenters. The molecule has 6 nitrogen and oxygen atoms in total. The summed E-state index contributed by atoms with van der Waals surface area (Å²) < 4.78 is 14.6. The third-order valence-corrected chi connectivity index (χ3v) is 4.74. The second-order valence-corrected chi connectivity index (χ2v) is 6.76. The molecule has 7 heteroatoms. The first-order chi connectivity index (χ1) is 14.0. The summed E-state index contributed by atoms with van der Waals surface area (Å²) in [4.78, 5) is 25.5. The Hall–Kier alpha value is -3.66. The minimum Gasteiger partial charge on any atom is -0.478 e. The Bertz CT molecular complexity index is 1000. The van der Waals surface area contributed by atoms with Gasteiger partial charge in [0.05, 0.1) is 5.56 Å². The third kappa shape index (κ3) is 4.99. The zero-order valence-electron chi connectivity index (χ0n) is 15.7. The topological polar surface area (TPSA) is 93.4 Å². The van der Waals surface area contributed by atoms with E-state index in [0.29, 0.717) is 0 Å². The molecule has 0 bridgehead atoms. The number of nitriles is 1. The number of carbonyl (C=O) groups excluding carboxylic acids is 1. The molecular formula is C22H20FN3O3. The Balaban J connectivity index is 1.78. The van der Waals surface area contributed by atoms with Crippen LogP contribution in [0, 0.1) is 17.1 Å². The number of anilines is 2. The number of nitrogens with zero attached hydrogens (tertiary/aromatic N) is 2. The SMILES string of the molecule is N#C/C(=C/c1ccc(N2CCCCC2)cc1F)C(=O)Nc1cccc(C(=O)O)c1. The number of amides is 1. The van der Waals surface area contributed by atoms with Crippen LogP contribution < -0.4 is 10.2 Å². The van der Waals surface area contributed by atoms with Gasteiger partial charge < -0.3 is 15.3 Å². The van der Waals surface area contributed by atoms with Crippen LogP contribution in [0.3, 0.4) is 0 Å². The normalized spacial score (nSPS) is 14.2. The van der Waals surface area contributed by atoms with Crippen molar-refractivity contribution in [3.63, 3.8) is 0 Å². The fraction of sp³-hybridized carbons (Fsp3) is 0.227. The van der Waals surface area contributed by atoms with Crippen molar-refractivity contribution >= 4 is 29.3 Å². The van der Waals surface area contributed by atoms with Gasteiger partial charge >= 0.3 is 5.97 Å². The summed E-state index contributed by atoms with van der Waals surface area (Å²) in [6.45, 7) is 1.77. The Labute approximate surface area is 167 Å². The molecule has 0 saturated carbocycles. The fourth-order valence-corrected chi connectivity index (χ4v) is 3.21. The van der Waals surface area contributed by atoms with Crippen molar-refractivity contribution in [1.82, 2.24) is 0 Å². The Kier molecular flexibility index (Phi) is 6.25. The molecule has 1 aliphatic rings. The Morgan fingerprint density at radius 2 is 1.90 bits per heavy atom. The van der Waals surface area contributed by atoms with E-state index in [2.05, 4.69) is 10.2 Å². The first-order valence-electron chi connectivity index (χ1n) is 9.29. The van der Waals surface area contributed by atoms with Crippen LogP contribution >= 0.6 is 0 Å². The van der Waals surface area contributed by atoms with Gasteiger partial charge in [0.2, 0.25) is 0 Å². The van der Waals surface area contributed by atoms with Gasteiger partial charge in [0.25, 0.3) is 5.91 Å². The first kappa shape index (κ1) is 20.1. The number of carbonyl (C=O) groups is 2. The van der Waals surface area contributed by atoms with E-state index in [1.165, 1.54) is 42.8 Å². The molecule has 148 valence electrons. The minimum absolute atomic E-state index is 0.00429. The molecule has 0 radical (unpaired) electrons. The maximum atomic E-state index is 14.6. The van der Waals surface area contributed by atoms with E-state index in [-0.39, 0.29) is 22.4 Å². The number of carboxylic acids is 1. The minimum atomic E-state index is -1.13. The van der Waals surface area contributed by atoms with Gasteiger partial charge in [-0.3, -0.25) is 4.79 Å². The highest BCUT2D eigenvalue weighted by Crippen LogP contribution is 2.24. The number of nitrogens with one attached hydrogen (secondary N) is 1. The predicted octanol–water partition coefficient (Wildman–Crippen LogP) is 4.06. The van der Waals surface area contributed by atoms with Gasteiger partial charge in [0, 0.05) is 30.0 Å².